The first-order valence-corrected chi connectivity index (χ1v) is 9.01. The van der Waals surface area contributed by atoms with Crippen molar-refractivity contribution in [2.45, 2.75) is 13.8 Å². The number of carbonyl (C=O) groups excluding carboxylic acids is 2. The van der Waals surface area contributed by atoms with Gasteiger partial charge in [-0.1, -0.05) is 25.1 Å². The Kier molecular flexibility index (Phi) is 10.1. The zero-order valence-electron chi connectivity index (χ0n) is 16.1. The minimum absolute atomic E-state index is 0. The molecule has 0 radical (unpaired) electrons. The van der Waals surface area contributed by atoms with Gasteiger partial charge in [0, 0.05) is 31.7 Å². The van der Waals surface area contributed by atoms with Gasteiger partial charge in [-0.05, 0) is 25.0 Å². The van der Waals surface area contributed by atoms with Gasteiger partial charge < -0.3 is 20.3 Å². The third kappa shape index (κ3) is 6.67. The lowest BCUT2D eigenvalue weighted by atomic mass is 9.99. The van der Waals surface area contributed by atoms with Crippen molar-refractivity contribution in [1.82, 2.24) is 15.5 Å². The number of hydrogen-bond acceptors (Lipinski definition) is 4. The normalized spacial score (nSPS) is 19.2. The second kappa shape index (κ2) is 11.8. The summed E-state index contributed by atoms with van der Waals surface area (Å²) >= 11 is 0. The van der Waals surface area contributed by atoms with Gasteiger partial charge in [-0.2, -0.15) is 0 Å². The van der Waals surface area contributed by atoms with Crippen LogP contribution >= 0.6 is 24.0 Å². The molecule has 1 aromatic rings. The molecule has 0 bridgehead atoms. The summed E-state index contributed by atoms with van der Waals surface area (Å²) in [6.07, 6.45) is 0. The maximum absolute atomic E-state index is 12.0. The summed E-state index contributed by atoms with van der Waals surface area (Å²) in [6, 6.07) is 9.11. The van der Waals surface area contributed by atoms with Gasteiger partial charge in [0.15, 0.2) is 5.96 Å². The number of guanidine groups is 1. The molecule has 2 N–H and O–H groups in total. The van der Waals surface area contributed by atoms with E-state index in [-0.39, 0.29) is 47.7 Å². The van der Waals surface area contributed by atoms with Crippen molar-refractivity contribution in [2.75, 3.05) is 39.8 Å². The molecule has 1 amide bonds. The highest BCUT2D eigenvalue weighted by molar-refractivity contribution is 14.0. The number of likely N-dealkylation sites (tertiary alicyclic amines) is 1. The standard InChI is InChI=1S/C19H28N4O3.HI/c1-4-20-19(23-12-14(2)16(13-23)18(25)26-3)22-11-10-21-17(24)15-8-6-5-7-9-15;/h5-9,14,16H,4,10-13H2,1-3H3,(H,20,22)(H,21,24);1H. The van der Waals surface area contributed by atoms with E-state index in [1.54, 1.807) is 12.1 Å². The molecule has 1 aromatic carbocycles. The van der Waals surface area contributed by atoms with Crippen molar-refractivity contribution in [1.29, 1.82) is 0 Å². The van der Waals surface area contributed by atoms with E-state index in [1.807, 2.05) is 32.0 Å². The highest BCUT2D eigenvalue weighted by atomic mass is 127. The number of rotatable bonds is 6. The van der Waals surface area contributed by atoms with E-state index in [0.717, 1.165) is 19.0 Å². The van der Waals surface area contributed by atoms with Crippen molar-refractivity contribution in [3.05, 3.63) is 35.9 Å². The molecule has 1 saturated heterocycles. The lowest BCUT2D eigenvalue weighted by molar-refractivity contribution is -0.145. The largest absolute Gasteiger partial charge is 0.469 e. The highest BCUT2D eigenvalue weighted by Gasteiger charge is 2.36. The Balaban J connectivity index is 0.00000364. The summed E-state index contributed by atoms with van der Waals surface area (Å²) in [5.41, 5.74) is 0.637. The molecule has 8 heteroatoms. The monoisotopic (exact) mass is 488 g/mol. The van der Waals surface area contributed by atoms with Gasteiger partial charge in [0.2, 0.25) is 0 Å². The third-order valence-corrected chi connectivity index (χ3v) is 4.45. The van der Waals surface area contributed by atoms with E-state index >= 15 is 0 Å². The topological polar surface area (TPSA) is 83.0 Å². The first kappa shape index (κ1) is 23.2. The zero-order valence-corrected chi connectivity index (χ0v) is 18.4. The maximum atomic E-state index is 12.0. The Labute approximate surface area is 178 Å². The van der Waals surface area contributed by atoms with Gasteiger partial charge in [0.1, 0.15) is 0 Å². The fourth-order valence-electron chi connectivity index (χ4n) is 3.05. The zero-order chi connectivity index (χ0) is 18.9. The lowest BCUT2D eigenvalue weighted by Crippen LogP contribution is -2.41. The molecule has 0 aliphatic carbocycles. The summed E-state index contributed by atoms with van der Waals surface area (Å²) in [5, 5.41) is 6.12. The van der Waals surface area contributed by atoms with E-state index in [1.165, 1.54) is 7.11 Å². The number of carbonyl (C=O) groups is 2. The molecule has 1 aliphatic heterocycles. The first-order chi connectivity index (χ1) is 12.6. The summed E-state index contributed by atoms with van der Waals surface area (Å²) < 4.78 is 4.89. The van der Waals surface area contributed by atoms with Gasteiger partial charge in [-0.15, -0.1) is 24.0 Å². The Morgan fingerprint density at radius 3 is 2.56 bits per heavy atom. The van der Waals surface area contributed by atoms with Gasteiger partial charge in [-0.3, -0.25) is 14.6 Å². The van der Waals surface area contributed by atoms with Crippen LogP contribution in [0, 0.1) is 11.8 Å². The molecule has 0 aromatic heterocycles. The van der Waals surface area contributed by atoms with Crippen LogP contribution in [0.2, 0.25) is 0 Å². The molecular formula is C19H29IN4O3. The lowest BCUT2D eigenvalue weighted by Gasteiger charge is -2.21. The fraction of sp³-hybridized carbons (Fsp3) is 0.526. The van der Waals surface area contributed by atoms with Crippen molar-refractivity contribution >= 4 is 41.8 Å². The Bertz CT molecular complexity index is 639. The number of ether oxygens (including phenoxy) is 1. The van der Waals surface area contributed by atoms with Gasteiger partial charge >= 0.3 is 5.97 Å². The molecular weight excluding hydrogens is 459 g/mol. The first-order valence-electron chi connectivity index (χ1n) is 9.01. The molecule has 2 unspecified atom stereocenters. The number of hydrogen-bond donors (Lipinski definition) is 2. The van der Waals surface area contributed by atoms with Crippen molar-refractivity contribution in [3.63, 3.8) is 0 Å². The van der Waals surface area contributed by atoms with Gasteiger partial charge in [0.25, 0.3) is 5.91 Å². The molecule has 0 spiro atoms. The number of halogens is 1. The highest BCUT2D eigenvalue weighted by Crippen LogP contribution is 2.24. The third-order valence-electron chi connectivity index (χ3n) is 4.45. The predicted molar refractivity (Wildman–Crippen MR) is 116 cm³/mol. The summed E-state index contributed by atoms with van der Waals surface area (Å²) in [5.74, 6) is 0.558. The summed E-state index contributed by atoms with van der Waals surface area (Å²) in [7, 11) is 1.42. The van der Waals surface area contributed by atoms with Crippen molar-refractivity contribution in [3.8, 4) is 0 Å². The van der Waals surface area contributed by atoms with E-state index in [2.05, 4.69) is 20.5 Å². The quantitative estimate of drug-likeness (QED) is 0.210. The molecule has 2 atom stereocenters. The number of esters is 1. The summed E-state index contributed by atoms with van der Waals surface area (Å²) in [4.78, 5) is 30.6. The molecule has 1 aliphatic rings. The van der Waals surface area contributed by atoms with Crippen molar-refractivity contribution < 1.29 is 14.3 Å². The molecule has 1 heterocycles. The minimum atomic E-state index is -0.175. The smallest absolute Gasteiger partial charge is 0.310 e. The Morgan fingerprint density at radius 2 is 1.93 bits per heavy atom. The SMILES string of the molecule is CCNC(=NCCNC(=O)c1ccccc1)N1CC(C)C(C(=O)OC)C1.I. The molecule has 150 valence electrons. The van der Waals surface area contributed by atoms with Crippen LogP contribution in [-0.2, 0) is 9.53 Å². The van der Waals surface area contributed by atoms with Gasteiger partial charge in [0.05, 0.1) is 19.6 Å². The Morgan fingerprint density at radius 1 is 1.22 bits per heavy atom. The van der Waals surface area contributed by atoms with Crippen LogP contribution in [0.25, 0.3) is 0 Å². The van der Waals surface area contributed by atoms with Crippen LogP contribution in [-0.4, -0.2) is 62.6 Å². The molecule has 7 nitrogen and oxygen atoms in total. The Hall–Kier alpha value is -1.84. The molecule has 0 saturated carbocycles. The fourth-order valence-corrected chi connectivity index (χ4v) is 3.05. The van der Waals surface area contributed by atoms with E-state index in [4.69, 9.17) is 4.74 Å². The van der Waals surface area contributed by atoms with Crippen LogP contribution in [0.15, 0.2) is 35.3 Å². The summed E-state index contributed by atoms with van der Waals surface area (Å²) in [6.45, 7) is 7.05. The number of aliphatic imine (C=N–C) groups is 1. The van der Waals surface area contributed by atoms with Crippen LogP contribution < -0.4 is 10.6 Å². The van der Waals surface area contributed by atoms with Gasteiger partial charge in [-0.25, -0.2) is 0 Å². The number of methoxy groups -OCH3 is 1. The second-order valence-corrected chi connectivity index (χ2v) is 6.37. The molecule has 1 fully saturated rings. The van der Waals surface area contributed by atoms with Crippen LogP contribution in [0.5, 0.6) is 0 Å². The number of benzene rings is 1. The number of nitrogens with zero attached hydrogens (tertiary/aromatic N) is 2. The number of amides is 1. The van der Waals surface area contributed by atoms with E-state index in [0.29, 0.717) is 25.2 Å². The maximum Gasteiger partial charge on any atom is 0.310 e. The average molecular weight is 488 g/mol. The van der Waals surface area contributed by atoms with Crippen molar-refractivity contribution in [2.24, 2.45) is 16.8 Å². The predicted octanol–water partition coefficient (Wildman–Crippen LogP) is 1.74. The van der Waals surface area contributed by atoms with Crippen LogP contribution in [0.3, 0.4) is 0 Å². The van der Waals surface area contributed by atoms with Crippen LogP contribution in [0.4, 0.5) is 0 Å². The second-order valence-electron chi connectivity index (χ2n) is 6.37. The van der Waals surface area contributed by atoms with E-state index in [9.17, 15) is 9.59 Å². The average Bonchev–Trinajstić information content (AvgIpc) is 3.05. The van der Waals surface area contributed by atoms with E-state index < -0.39 is 0 Å². The molecule has 27 heavy (non-hydrogen) atoms. The molecule has 2 rings (SSSR count). The van der Waals surface area contributed by atoms with Crippen LogP contribution in [0.1, 0.15) is 24.2 Å². The minimum Gasteiger partial charge on any atom is -0.469 e. The number of nitrogens with one attached hydrogen (secondary N) is 2.